The van der Waals surface area contributed by atoms with Crippen LogP contribution in [0.5, 0.6) is 5.75 Å². The van der Waals surface area contributed by atoms with Gasteiger partial charge in [-0.05, 0) is 48.0 Å². The Morgan fingerprint density at radius 3 is 2.45 bits per heavy atom. The molecule has 3 aromatic carbocycles. The molecular weight excluding hydrogens is 412 g/mol. The first-order chi connectivity index (χ1) is 15.2. The van der Waals surface area contributed by atoms with Crippen LogP contribution in [0.25, 0.3) is 22.5 Å². The molecule has 4 rings (SSSR count). The van der Waals surface area contributed by atoms with Crippen LogP contribution in [0, 0.1) is 0 Å². The van der Waals surface area contributed by atoms with Crippen LogP contribution in [0.1, 0.15) is 5.76 Å². The highest BCUT2D eigenvalue weighted by molar-refractivity contribution is 6.30. The topological polar surface area (TPSA) is 63.8 Å². The van der Waals surface area contributed by atoms with Crippen molar-refractivity contribution < 1.29 is 13.9 Å². The number of carbonyl (C=O) groups excluding carboxylic acids is 1. The van der Waals surface area contributed by atoms with Gasteiger partial charge in [0.1, 0.15) is 17.3 Å². The molecule has 1 N–H and O–H groups in total. The highest BCUT2D eigenvalue weighted by Crippen LogP contribution is 2.29. The maximum Gasteiger partial charge on any atom is 0.277 e. The van der Waals surface area contributed by atoms with Crippen LogP contribution in [0.4, 0.5) is 0 Å². The molecule has 0 unspecified atom stereocenters. The molecule has 0 bridgehead atoms. The van der Waals surface area contributed by atoms with E-state index in [0.717, 1.165) is 16.7 Å². The molecule has 1 amide bonds. The number of furan rings is 1. The molecule has 4 aromatic rings. The van der Waals surface area contributed by atoms with Gasteiger partial charge in [-0.1, -0.05) is 60.1 Å². The van der Waals surface area contributed by atoms with Crippen LogP contribution in [-0.4, -0.2) is 18.7 Å². The zero-order chi connectivity index (χ0) is 21.5. The van der Waals surface area contributed by atoms with Gasteiger partial charge in [-0.15, -0.1) is 0 Å². The molecule has 0 radical (unpaired) electrons. The van der Waals surface area contributed by atoms with Crippen molar-refractivity contribution >= 4 is 23.7 Å². The average molecular weight is 431 g/mol. The lowest BCUT2D eigenvalue weighted by Crippen LogP contribution is -2.24. The molecule has 1 aromatic heterocycles. The number of hydrogen-bond acceptors (Lipinski definition) is 4. The smallest absolute Gasteiger partial charge is 0.277 e. The van der Waals surface area contributed by atoms with Crippen molar-refractivity contribution in [3.8, 4) is 28.2 Å². The molecule has 0 aliphatic carbocycles. The summed E-state index contributed by atoms with van der Waals surface area (Å²) in [6.45, 7) is -0.157. The minimum absolute atomic E-state index is 0.157. The van der Waals surface area contributed by atoms with Gasteiger partial charge in [-0.25, -0.2) is 5.43 Å². The van der Waals surface area contributed by atoms with Crippen LogP contribution >= 0.6 is 11.6 Å². The molecule has 0 spiro atoms. The Bertz CT molecular complexity index is 1180. The van der Waals surface area contributed by atoms with E-state index in [1.54, 1.807) is 18.2 Å². The number of nitrogens with one attached hydrogen (secondary N) is 1. The molecule has 6 heteroatoms. The highest BCUT2D eigenvalue weighted by Gasteiger charge is 2.08. The second-order valence-corrected chi connectivity index (χ2v) is 7.09. The van der Waals surface area contributed by atoms with E-state index >= 15 is 0 Å². The van der Waals surface area contributed by atoms with Gasteiger partial charge in [0.25, 0.3) is 5.91 Å². The van der Waals surface area contributed by atoms with Crippen LogP contribution < -0.4 is 10.2 Å². The maximum absolute atomic E-state index is 12.1. The van der Waals surface area contributed by atoms with Gasteiger partial charge in [0, 0.05) is 16.1 Å². The Hall–Kier alpha value is -3.83. The number of ether oxygens (including phenoxy) is 1. The zero-order valence-electron chi connectivity index (χ0n) is 16.5. The van der Waals surface area contributed by atoms with E-state index in [9.17, 15) is 4.79 Å². The summed E-state index contributed by atoms with van der Waals surface area (Å²) in [5.74, 6) is 1.46. The molecule has 0 aliphatic heterocycles. The van der Waals surface area contributed by atoms with Crippen molar-refractivity contribution in [2.24, 2.45) is 5.10 Å². The summed E-state index contributed by atoms with van der Waals surface area (Å²) in [4.78, 5) is 12.1. The fourth-order valence-electron chi connectivity index (χ4n) is 2.98. The minimum Gasteiger partial charge on any atom is -0.483 e. The van der Waals surface area contributed by atoms with Crippen molar-refractivity contribution in [1.82, 2.24) is 5.43 Å². The van der Waals surface area contributed by atoms with E-state index in [-0.39, 0.29) is 12.5 Å². The van der Waals surface area contributed by atoms with Crippen molar-refractivity contribution in [1.29, 1.82) is 0 Å². The lowest BCUT2D eigenvalue weighted by atomic mass is 10.1. The molecule has 0 saturated heterocycles. The van der Waals surface area contributed by atoms with Gasteiger partial charge in [-0.3, -0.25) is 4.79 Å². The quantitative estimate of drug-likeness (QED) is 0.298. The highest BCUT2D eigenvalue weighted by atomic mass is 35.5. The van der Waals surface area contributed by atoms with E-state index in [4.69, 9.17) is 20.8 Å². The molecule has 0 saturated carbocycles. The van der Waals surface area contributed by atoms with Gasteiger partial charge in [0.05, 0.1) is 6.21 Å². The maximum atomic E-state index is 12.1. The minimum atomic E-state index is -0.372. The first-order valence-corrected chi connectivity index (χ1v) is 10.0. The molecule has 1 heterocycles. The van der Waals surface area contributed by atoms with Crippen LogP contribution in [0.3, 0.4) is 0 Å². The summed E-state index contributed by atoms with van der Waals surface area (Å²) in [6, 6.07) is 28.4. The number of carbonyl (C=O) groups is 1. The third-order valence-corrected chi connectivity index (χ3v) is 4.72. The lowest BCUT2D eigenvalue weighted by Gasteiger charge is -2.10. The molecule has 31 heavy (non-hydrogen) atoms. The summed E-state index contributed by atoms with van der Waals surface area (Å²) >= 11 is 5.90. The van der Waals surface area contributed by atoms with Gasteiger partial charge in [0.2, 0.25) is 0 Å². The number of nitrogens with zero attached hydrogens (tertiary/aromatic N) is 1. The summed E-state index contributed by atoms with van der Waals surface area (Å²) in [5, 5.41) is 4.60. The zero-order valence-corrected chi connectivity index (χ0v) is 17.3. The number of halogens is 1. The third kappa shape index (κ3) is 5.41. The van der Waals surface area contributed by atoms with E-state index in [1.807, 2.05) is 72.8 Å². The number of para-hydroxylation sites is 1. The van der Waals surface area contributed by atoms with Crippen molar-refractivity contribution in [2.75, 3.05) is 6.61 Å². The standard InChI is InChI=1S/C25H19ClN2O3/c26-20-12-10-19(11-13-20)23-15-14-21(31-23)16-27-28-25(29)17-30-24-9-5-4-8-22(24)18-6-2-1-3-7-18/h1-16H,17H2,(H,28,29)/b27-16-. The van der Waals surface area contributed by atoms with Crippen molar-refractivity contribution in [3.63, 3.8) is 0 Å². The largest absolute Gasteiger partial charge is 0.483 e. The fourth-order valence-corrected chi connectivity index (χ4v) is 3.11. The Balaban J connectivity index is 1.32. The van der Waals surface area contributed by atoms with Crippen molar-refractivity contribution in [3.05, 3.63) is 102 Å². The molecule has 0 fully saturated rings. The molecule has 0 atom stereocenters. The van der Waals surface area contributed by atoms with Crippen molar-refractivity contribution in [2.45, 2.75) is 0 Å². The summed E-state index contributed by atoms with van der Waals surface area (Å²) in [5.41, 5.74) is 5.29. The van der Waals surface area contributed by atoms with Crippen LogP contribution in [0.15, 0.2) is 101 Å². The second kappa shape index (κ2) is 9.78. The molecule has 0 aliphatic rings. The van der Waals surface area contributed by atoms with E-state index < -0.39 is 0 Å². The summed E-state index contributed by atoms with van der Waals surface area (Å²) < 4.78 is 11.4. The SMILES string of the molecule is O=C(COc1ccccc1-c1ccccc1)N/N=C\c1ccc(-c2ccc(Cl)cc2)o1. The summed E-state index contributed by atoms with van der Waals surface area (Å²) in [7, 11) is 0. The first kappa shape index (κ1) is 20.4. The predicted octanol–water partition coefficient (Wildman–Crippen LogP) is 5.80. The molecule has 5 nitrogen and oxygen atoms in total. The molecular formula is C25H19ClN2O3. The Labute approximate surface area is 184 Å². The van der Waals surface area contributed by atoms with Gasteiger partial charge < -0.3 is 9.15 Å². The fraction of sp³-hybridized carbons (Fsp3) is 0.0400. The average Bonchev–Trinajstić information content (AvgIpc) is 3.28. The van der Waals surface area contributed by atoms with E-state index in [0.29, 0.717) is 22.3 Å². The first-order valence-electron chi connectivity index (χ1n) is 9.64. The summed E-state index contributed by atoms with van der Waals surface area (Å²) in [6.07, 6.45) is 1.44. The number of amides is 1. The predicted molar refractivity (Wildman–Crippen MR) is 122 cm³/mol. The number of hydrogen-bond donors (Lipinski definition) is 1. The molecule has 154 valence electrons. The van der Waals surface area contributed by atoms with Gasteiger partial charge in [0.15, 0.2) is 6.61 Å². The van der Waals surface area contributed by atoms with E-state index in [1.165, 1.54) is 6.21 Å². The number of hydrazone groups is 1. The monoisotopic (exact) mass is 430 g/mol. The Kier molecular flexibility index (Phi) is 6.45. The lowest BCUT2D eigenvalue weighted by molar-refractivity contribution is -0.123. The Morgan fingerprint density at radius 2 is 1.65 bits per heavy atom. The number of rotatable bonds is 7. The normalized spacial score (nSPS) is 10.9. The van der Waals surface area contributed by atoms with Crippen LogP contribution in [-0.2, 0) is 4.79 Å². The second-order valence-electron chi connectivity index (χ2n) is 6.65. The third-order valence-electron chi connectivity index (χ3n) is 4.47. The Morgan fingerprint density at radius 1 is 0.903 bits per heavy atom. The van der Waals surface area contributed by atoms with Gasteiger partial charge >= 0.3 is 0 Å². The number of benzene rings is 3. The van der Waals surface area contributed by atoms with Gasteiger partial charge in [-0.2, -0.15) is 5.10 Å². The van der Waals surface area contributed by atoms with Crippen LogP contribution in [0.2, 0.25) is 5.02 Å². The van der Waals surface area contributed by atoms with E-state index in [2.05, 4.69) is 10.5 Å².